The molecule has 9 heteroatoms. The SMILES string of the molecule is CCOC(=O)c1cnn(-c2ccccc2)c1NC(=O)c1nn(C)cc1Cl. The molecule has 3 aromatic rings. The number of hydrogen-bond donors (Lipinski definition) is 1. The zero-order valence-electron chi connectivity index (χ0n) is 14.1. The second-order valence-electron chi connectivity index (χ2n) is 5.33. The first kappa shape index (κ1) is 17.7. The fourth-order valence-corrected chi connectivity index (χ4v) is 2.64. The summed E-state index contributed by atoms with van der Waals surface area (Å²) in [6.07, 6.45) is 2.86. The Balaban J connectivity index is 2.02. The average molecular weight is 374 g/mol. The van der Waals surface area contributed by atoms with Gasteiger partial charge in [0.05, 0.1) is 23.5 Å². The third kappa shape index (κ3) is 3.45. The molecule has 0 saturated heterocycles. The normalized spacial score (nSPS) is 10.6. The van der Waals surface area contributed by atoms with Gasteiger partial charge in [-0.1, -0.05) is 29.8 Å². The molecule has 1 amide bonds. The molecule has 3 rings (SSSR count). The maximum Gasteiger partial charge on any atom is 0.343 e. The Kier molecular flexibility index (Phi) is 5.04. The van der Waals surface area contributed by atoms with Crippen LogP contribution in [0.2, 0.25) is 5.02 Å². The van der Waals surface area contributed by atoms with Crippen molar-refractivity contribution in [2.75, 3.05) is 11.9 Å². The van der Waals surface area contributed by atoms with Crippen molar-refractivity contribution in [3.05, 3.63) is 59.0 Å². The fourth-order valence-electron chi connectivity index (χ4n) is 2.37. The maximum atomic E-state index is 12.6. The number of para-hydroxylation sites is 1. The molecular weight excluding hydrogens is 358 g/mol. The van der Waals surface area contributed by atoms with E-state index >= 15 is 0 Å². The predicted molar refractivity (Wildman–Crippen MR) is 95.7 cm³/mol. The van der Waals surface area contributed by atoms with E-state index in [1.807, 2.05) is 18.2 Å². The summed E-state index contributed by atoms with van der Waals surface area (Å²) in [6.45, 7) is 1.90. The number of halogens is 1. The maximum absolute atomic E-state index is 12.6. The number of anilines is 1. The standard InChI is InChI=1S/C17H16ClN5O3/c1-3-26-17(25)12-9-19-23(11-7-5-4-6-8-11)15(12)20-16(24)14-13(18)10-22(2)21-14/h4-10H,3H2,1-2H3,(H,20,24). The van der Waals surface area contributed by atoms with Gasteiger partial charge in [-0.25, -0.2) is 9.48 Å². The number of nitrogens with one attached hydrogen (secondary N) is 1. The fraction of sp³-hybridized carbons (Fsp3) is 0.176. The number of rotatable bonds is 5. The van der Waals surface area contributed by atoms with Gasteiger partial charge < -0.3 is 10.1 Å². The highest BCUT2D eigenvalue weighted by atomic mass is 35.5. The molecule has 0 aliphatic rings. The lowest BCUT2D eigenvalue weighted by Gasteiger charge is -2.10. The van der Waals surface area contributed by atoms with E-state index in [9.17, 15) is 9.59 Å². The van der Waals surface area contributed by atoms with E-state index in [0.717, 1.165) is 0 Å². The molecule has 0 atom stereocenters. The van der Waals surface area contributed by atoms with Gasteiger partial charge in [0.15, 0.2) is 11.5 Å². The van der Waals surface area contributed by atoms with E-state index < -0.39 is 11.9 Å². The molecule has 1 aromatic carbocycles. The van der Waals surface area contributed by atoms with Crippen LogP contribution in [0.25, 0.3) is 5.69 Å². The first-order valence-corrected chi connectivity index (χ1v) is 8.20. The van der Waals surface area contributed by atoms with E-state index in [0.29, 0.717) is 5.69 Å². The topological polar surface area (TPSA) is 91.0 Å². The minimum atomic E-state index is -0.586. The molecular formula is C17H16ClN5O3. The zero-order valence-corrected chi connectivity index (χ0v) is 14.9. The molecule has 0 aliphatic heterocycles. The Morgan fingerprint density at radius 1 is 1.27 bits per heavy atom. The quantitative estimate of drug-likeness (QED) is 0.694. The lowest BCUT2D eigenvalue weighted by atomic mass is 10.3. The van der Waals surface area contributed by atoms with Crippen LogP contribution in [0.3, 0.4) is 0 Å². The molecule has 0 aliphatic carbocycles. The molecule has 0 saturated carbocycles. The Bertz CT molecular complexity index is 949. The van der Waals surface area contributed by atoms with E-state index in [4.69, 9.17) is 16.3 Å². The Morgan fingerprint density at radius 2 is 2.00 bits per heavy atom. The van der Waals surface area contributed by atoms with Gasteiger partial charge in [-0.15, -0.1) is 0 Å². The van der Waals surface area contributed by atoms with E-state index in [1.165, 1.54) is 21.8 Å². The van der Waals surface area contributed by atoms with Crippen LogP contribution in [-0.2, 0) is 11.8 Å². The lowest BCUT2D eigenvalue weighted by Crippen LogP contribution is -2.19. The van der Waals surface area contributed by atoms with Gasteiger partial charge >= 0.3 is 5.97 Å². The first-order chi connectivity index (χ1) is 12.5. The number of amides is 1. The molecule has 2 heterocycles. The lowest BCUT2D eigenvalue weighted by molar-refractivity contribution is 0.0527. The largest absolute Gasteiger partial charge is 0.462 e. The van der Waals surface area contributed by atoms with Crippen molar-refractivity contribution in [1.29, 1.82) is 0 Å². The van der Waals surface area contributed by atoms with Gasteiger partial charge in [0.25, 0.3) is 5.91 Å². The van der Waals surface area contributed by atoms with Crippen LogP contribution >= 0.6 is 11.6 Å². The summed E-state index contributed by atoms with van der Waals surface area (Å²) < 4.78 is 7.92. The summed E-state index contributed by atoms with van der Waals surface area (Å²) >= 11 is 6.03. The molecule has 0 bridgehead atoms. The Labute approximate surface area is 154 Å². The minimum Gasteiger partial charge on any atom is -0.462 e. The first-order valence-electron chi connectivity index (χ1n) is 7.82. The van der Waals surface area contributed by atoms with E-state index in [1.54, 1.807) is 26.1 Å². The third-order valence-corrected chi connectivity index (χ3v) is 3.77. The summed E-state index contributed by atoms with van der Waals surface area (Å²) in [4.78, 5) is 24.8. The molecule has 0 spiro atoms. The van der Waals surface area contributed by atoms with Crippen molar-refractivity contribution in [2.45, 2.75) is 6.92 Å². The monoisotopic (exact) mass is 373 g/mol. The van der Waals surface area contributed by atoms with Crippen molar-refractivity contribution >= 4 is 29.3 Å². The molecule has 26 heavy (non-hydrogen) atoms. The van der Waals surface area contributed by atoms with Gasteiger partial charge in [-0.2, -0.15) is 10.2 Å². The number of ether oxygens (including phenoxy) is 1. The van der Waals surface area contributed by atoms with Gasteiger partial charge in [-0.3, -0.25) is 9.48 Å². The Morgan fingerprint density at radius 3 is 2.62 bits per heavy atom. The van der Waals surface area contributed by atoms with Gasteiger partial charge in [0.1, 0.15) is 5.56 Å². The molecule has 134 valence electrons. The number of carbonyl (C=O) groups excluding carboxylic acids is 2. The van der Waals surface area contributed by atoms with E-state index in [-0.39, 0.29) is 28.7 Å². The van der Waals surface area contributed by atoms with Crippen LogP contribution in [0.4, 0.5) is 5.82 Å². The minimum absolute atomic E-state index is 0.0461. The van der Waals surface area contributed by atoms with Crippen molar-refractivity contribution < 1.29 is 14.3 Å². The highest BCUT2D eigenvalue weighted by Crippen LogP contribution is 2.23. The summed E-state index contributed by atoms with van der Waals surface area (Å²) in [5.41, 5.74) is 0.853. The summed E-state index contributed by atoms with van der Waals surface area (Å²) in [5, 5.41) is 11.1. The highest BCUT2D eigenvalue weighted by Gasteiger charge is 2.24. The second kappa shape index (κ2) is 7.40. The Hall–Kier alpha value is -3.13. The van der Waals surface area contributed by atoms with Crippen molar-refractivity contribution in [1.82, 2.24) is 19.6 Å². The number of nitrogens with zero attached hydrogens (tertiary/aromatic N) is 4. The number of hydrogen-bond acceptors (Lipinski definition) is 5. The molecule has 0 unspecified atom stereocenters. The number of esters is 1. The van der Waals surface area contributed by atoms with Crippen molar-refractivity contribution in [2.24, 2.45) is 7.05 Å². The van der Waals surface area contributed by atoms with Crippen LogP contribution in [0.5, 0.6) is 0 Å². The van der Waals surface area contributed by atoms with Crippen molar-refractivity contribution in [3.8, 4) is 5.69 Å². The van der Waals surface area contributed by atoms with Crippen molar-refractivity contribution in [3.63, 3.8) is 0 Å². The number of carbonyl (C=O) groups is 2. The van der Waals surface area contributed by atoms with Crippen LogP contribution in [-0.4, -0.2) is 38.0 Å². The molecule has 1 N–H and O–H groups in total. The van der Waals surface area contributed by atoms with Crippen LogP contribution in [0.15, 0.2) is 42.7 Å². The molecule has 2 aromatic heterocycles. The third-order valence-electron chi connectivity index (χ3n) is 3.50. The van der Waals surface area contributed by atoms with Gasteiger partial charge in [0, 0.05) is 13.2 Å². The molecule has 0 fully saturated rings. The predicted octanol–water partition coefficient (Wildman–Crippen LogP) is 2.69. The van der Waals surface area contributed by atoms with Gasteiger partial charge in [0.2, 0.25) is 0 Å². The summed E-state index contributed by atoms with van der Waals surface area (Å²) in [6, 6.07) is 9.09. The zero-order chi connectivity index (χ0) is 18.7. The van der Waals surface area contributed by atoms with Crippen LogP contribution < -0.4 is 5.32 Å². The highest BCUT2D eigenvalue weighted by molar-refractivity contribution is 6.34. The van der Waals surface area contributed by atoms with Crippen LogP contribution in [0.1, 0.15) is 27.8 Å². The summed E-state index contributed by atoms with van der Waals surface area (Å²) in [5.74, 6) is -0.961. The number of aryl methyl sites for hydroxylation is 1. The number of aromatic nitrogens is 4. The number of benzene rings is 1. The van der Waals surface area contributed by atoms with E-state index in [2.05, 4.69) is 15.5 Å². The molecule has 8 nitrogen and oxygen atoms in total. The average Bonchev–Trinajstić information content (AvgIpc) is 3.18. The molecule has 0 radical (unpaired) electrons. The van der Waals surface area contributed by atoms with Crippen LogP contribution in [0, 0.1) is 0 Å². The second-order valence-corrected chi connectivity index (χ2v) is 5.74. The smallest absolute Gasteiger partial charge is 0.343 e. The van der Waals surface area contributed by atoms with Gasteiger partial charge in [-0.05, 0) is 19.1 Å². The summed E-state index contributed by atoms with van der Waals surface area (Å²) in [7, 11) is 1.65.